The minimum absolute atomic E-state index is 0.150. The van der Waals surface area contributed by atoms with Crippen LogP contribution in [-0.4, -0.2) is 35.3 Å². The van der Waals surface area contributed by atoms with Gasteiger partial charge in [-0.1, -0.05) is 6.07 Å². The summed E-state index contributed by atoms with van der Waals surface area (Å²) >= 11 is 0. The van der Waals surface area contributed by atoms with Gasteiger partial charge in [0.2, 0.25) is 0 Å². The van der Waals surface area contributed by atoms with Crippen molar-refractivity contribution in [3.05, 3.63) is 24.0 Å². The quantitative estimate of drug-likeness (QED) is 0.851. The number of pyridine rings is 1. The minimum Gasteiger partial charge on any atom is -0.399 e. The first-order valence-electron chi connectivity index (χ1n) is 7.41. The summed E-state index contributed by atoms with van der Waals surface area (Å²) in [5, 5.41) is 2.96. The lowest BCUT2D eigenvalue weighted by Crippen LogP contribution is -2.41. The fraction of sp³-hybridized carbons (Fsp3) is 0.600. The second-order valence-electron chi connectivity index (χ2n) is 6.78. The molecule has 1 N–H and O–H groups in total. The first-order valence-corrected chi connectivity index (χ1v) is 7.41. The molecule has 3 rings (SSSR count). The van der Waals surface area contributed by atoms with Crippen LogP contribution >= 0.6 is 0 Å². The van der Waals surface area contributed by atoms with Crippen LogP contribution in [0.25, 0.3) is 0 Å². The predicted molar refractivity (Wildman–Crippen MR) is 80.4 cm³/mol. The Hall–Kier alpha value is -1.40. The van der Waals surface area contributed by atoms with E-state index in [-0.39, 0.29) is 5.91 Å². The highest BCUT2D eigenvalue weighted by Gasteiger charge is 2.52. The maximum atomic E-state index is 12.3. The van der Waals surface area contributed by atoms with E-state index in [2.05, 4.69) is 10.3 Å². The number of nitrogens with zero attached hydrogens (tertiary/aromatic N) is 1. The van der Waals surface area contributed by atoms with E-state index in [0.29, 0.717) is 17.2 Å². The summed E-state index contributed by atoms with van der Waals surface area (Å²) in [4.78, 5) is 16.5. The van der Waals surface area contributed by atoms with E-state index in [4.69, 9.17) is 9.31 Å². The number of carbonyl (C=O) groups excluding carboxylic acids is 1. The number of hydrogen-bond donors (Lipinski definition) is 1. The Balaban J connectivity index is 1.87. The van der Waals surface area contributed by atoms with Gasteiger partial charge < -0.3 is 14.6 Å². The van der Waals surface area contributed by atoms with Crippen molar-refractivity contribution in [3.63, 3.8) is 0 Å². The number of carbonyl (C=O) groups is 1. The van der Waals surface area contributed by atoms with Crippen LogP contribution < -0.4 is 10.8 Å². The summed E-state index contributed by atoms with van der Waals surface area (Å²) in [6.45, 7) is 7.97. The van der Waals surface area contributed by atoms with Gasteiger partial charge in [-0.15, -0.1) is 0 Å². The third-order valence-corrected chi connectivity index (χ3v) is 4.47. The normalized spacial score (nSPS) is 23.1. The molecule has 6 heteroatoms. The summed E-state index contributed by atoms with van der Waals surface area (Å²) < 4.78 is 12.0. The van der Waals surface area contributed by atoms with Crippen LogP contribution in [0.3, 0.4) is 0 Å². The van der Waals surface area contributed by atoms with E-state index >= 15 is 0 Å². The standard InChI is InChI=1S/C15H21BN2O3/c1-14(2)15(3,4)21-16(20-14)11-6-5-9-17-12(11)13(19)18-10-7-8-10/h5-6,9-10H,7-8H2,1-4H3,(H,18,19). The Labute approximate surface area is 125 Å². The third-order valence-electron chi connectivity index (χ3n) is 4.47. The van der Waals surface area contributed by atoms with Gasteiger partial charge >= 0.3 is 7.12 Å². The lowest BCUT2D eigenvalue weighted by atomic mass is 9.77. The number of amides is 1. The third kappa shape index (κ3) is 2.70. The smallest absolute Gasteiger partial charge is 0.399 e. The van der Waals surface area contributed by atoms with Crippen molar-refractivity contribution in [1.82, 2.24) is 10.3 Å². The summed E-state index contributed by atoms with van der Waals surface area (Å²) in [5.41, 5.74) is 0.215. The van der Waals surface area contributed by atoms with Crippen LogP contribution in [0.2, 0.25) is 0 Å². The maximum absolute atomic E-state index is 12.3. The Morgan fingerprint density at radius 1 is 1.29 bits per heavy atom. The van der Waals surface area contributed by atoms with Crippen LogP contribution in [0.15, 0.2) is 18.3 Å². The zero-order valence-electron chi connectivity index (χ0n) is 13.0. The maximum Gasteiger partial charge on any atom is 0.497 e. The first kappa shape index (κ1) is 14.5. The van der Waals surface area contributed by atoms with Crippen molar-refractivity contribution in [2.45, 2.75) is 57.8 Å². The van der Waals surface area contributed by atoms with Gasteiger partial charge in [-0.05, 0) is 46.6 Å². The van der Waals surface area contributed by atoms with Crippen molar-refractivity contribution >= 4 is 18.5 Å². The molecule has 112 valence electrons. The van der Waals surface area contributed by atoms with E-state index in [1.54, 1.807) is 12.3 Å². The molecule has 0 unspecified atom stereocenters. The highest BCUT2D eigenvalue weighted by Crippen LogP contribution is 2.36. The average molecular weight is 288 g/mol. The highest BCUT2D eigenvalue weighted by molar-refractivity contribution is 6.63. The van der Waals surface area contributed by atoms with Gasteiger partial charge in [-0.2, -0.15) is 0 Å². The van der Waals surface area contributed by atoms with Crippen molar-refractivity contribution in [3.8, 4) is 0 Å². The monoisotopic (exact) mass is 288 g/mol. The average Bonchev–Trinajstić information content (AvgIpc) is 3.17. The SMILES string of the molecule is CC1(C)OB(c2cccnc2C(=O)NC2CC2)OC1(C)C. The predicted octanol–water partition coefficient (Wildman–Crippen LogP) is 1.27. The second kappa shape index (κ2) is 4.82. The molecule has 2 heterocycles. The lowest BCUT2D eigenvalue weighted by molar-refractivity contribution is 0.00578. The molecule has 1 aliphatic carbocycles. The van der Waals surface area contributed by atoms with E-state index in [9.17, 15) is 4.79 Å². The summed E-state index contributed by atoms with van der Waals surface area (Å²) in [6.07, 6.45) is 3.71. The van der Waals surface area contributed by atoms with Gasteiger partial charge in [0.25, 0.3) is 5.91 Å². The Kier molecular flexibility index (Phi) is 3.33. The molecule has 2 fully saturated rings. The van der Waals surface area contributed by atoms with Crippen molar-refractivity contribution in [1.29, 1.82) is 0 Å². The molecule has 1 saturated carbocycles. The molecule has 1 amide bonds. The molecule has 0 aromatic carbocycles. The van der Waals surface area contributed by atoms with E-state index in [0.717, 1.165) is 12.8 Å². The fourth-order valence-corrected chi connectivity index (χ4v) is 2.25. The molecule has 1 aromatic heterocycles. The molecule has 0 bridgehead atoms. The minimum atomic E-state index is -0.566. The Morgan fingerprint density at radius 2 is 1.90 bits per heavy atom. The molecule has 0 radical (unpaired) electrons. The molecule has 2 aliphatic rings. The molecule has 21 heavy (non-hydrogen) atoms. The van der Waals surface area contributed by atoms with Crippen LogP contribution in [0.1, 0.15) is 51.0 Å². The number of hydrogen-bond acceptors (Lipinski definition) is 4. The summed E-state index contributed by atoms with van der Waals surface area (Å²) in [5.74, 6) is -0.150. The van der Waals surface area contributed by atoms with Crippen molar-refractivity contribution in [2.24, 2.45) is 0 Å². The number of nitrogens with one attached hydrogen (secondary N) is 1. The molecule has 1 aromatic rings. The largest absolute Gasteiger partial charge is 0.497 e. The zero-order valence-corrected chi connectivity index (χ0v) is 13.0. The highest BCUT2D eigenvalue weighted by atomic mass is 16.7. The van der Waals surface area contributed by atoms with Gasteiger partial charge in [0.05, 0.1) is 11.2 Å². The van der Waals surface area contributed by atoms with E-state index in [1.807, 2.05) is 33.8 Å². The van der Waals surface area contributed by atoms with Gasteiger partial charge in [0.15, 0.2) is 0 Å². The Bertz CT molecular complexity index is 554. The summed E-state index contributed by atoms with van der Waals surface area (Å²) in [6, 6.07) is 3.94. The second-order valence-corrected chi connectivity index (χ2v) is 6.78. The topological polar surface area (TPSA) is 60.5 Å². The molecular formula is C15H21BN2O3. The van der Waals surface area contributed by atoms with E-state index in [1.165, 1.54) is 0 Å². The van der Waals surface area contributed by atoms with Crippen LogP contribution in [0.5, 0.6) is 0 Å². The molecule has 0 atom stereocenters. The van der Waals surface area contributed by atoms with Crippen LogP contribution in [0.4, 0.5) is 0 Å². The van der Waals surface area contributed by atoms with Gasteiger partial charge in [0.1, 0.15) is 5.69 Å². The molecular weight excluding hydrogens is 267 g/mol. The summed E-state index contributed by atoms with van der Waals surface area (Å²) in [7, 11) is -0.566. The van der Waals surface area contributed by atoms with Crippen molar-refractivity contribution in [2.75, 3.05) is 0 Å². The van der Waals surface area contributed by atoms with Crippen molar-refractivity contribution < 1.29 is 14.1 Å². The lowest BCUT2D eigenvalue weighted by Gasteiger charge is -2.32. The molecule has 0 spiro atoms. The van der Waals surface area contributed by atoms with Gasteiger partial charge in [0, 0.05) is 17.7 Å². The van der Waals surface area contributed by atoms with Crippen LogP contribution in [-0.2, 0) is 9.31 Å². The molecule has 1 saturated heterocycles. The van der Waals surface area contributed by atoms with Crippen LogP contribution in [0, 0.1) is 0 Å². The van der Waals surface area contributed by atoms with Gasteiger partial charge in [-0.25, -0.2) is 0 Å². The molecule has 1 aliphatic heterocycles. The number of aromatic nitrogens is 1. The Morgan fingerprint density at radius 3 is 2.48 bits per heavy atom. The molecule has 5 nitrogen and oxygen atoms in total. The first-order chi connectivity index (χ1) is 9.80. The van der Waals surface area contributed by atoms with E-state index < -0.39 is 18.3 Å². The van der Waals surface area contributed by atoms with Gasteiger partial charge in [-0.3, -0.25) is 9.78 Å². The fourth-order valence-electron chi connectivity index (χ4n) is 2.25. The number of rotatable bonds is 3. The zero-order chi connectivity index (χ0) is 15.3.